The lowest BCUT2D eigenvalue weighted by atomic mass is 10.0. The highest BCUT2D eigenvalue weighted by atomic mass is 16.4. The quantitative estimate of drug-likeness (QED) is 0.608. The summed E-state index contributed by atoms with van der Waals surface area (Å²) in [6.45, 7) is 5.74. The maximum absolute atomic E-state index is 12.2. The van der Waals surface area contributed by atoms with Crippen LogP contribution in [0.2, 0.25) is 0 Å². The number of benzene rings is 2. The first kappa shape index (κ1) is 20.0. The number of nitriles is 1. The number of rotatable bonds is 4. The van der Waals surface area contributed by atoms with Gasteiger partial charge in [-0.15, -0.1) is 0 Å². The summed E-state index contributed by atoms with van der Waals surface area (Å²) < 4.78 is 5.54. The molecule has 0 N–H and O–H groups in total. The molecule has 5 heteroatoms. The van der Waals surface area contributed by atoms with Crippen molar-refractivity contribution in [3.63, 3.8) is 0 Å². The van der Waals surface area contributed by atoms with Gasteiger partial charge in [-0.2, -0.15) is 5.26 Å². The van der Waals surface area contributed by atoms with Gasteiger partial charge in [-0.1, -0.05) is 12.1 Å². The molecule has 5 rings (SSSR count). The van der Waals surface area contributed by atoms with Crippen LogP contribution in [0.1, 0.15) is 40.7 Å². The zero-order chi connectivity index (χ0) is 21.2. The molecule has 3 aromatic rings. The van der Waals surface area contributed by atoms with Crippen molar-refractivity contribution in [1.29, 1.82) is 5.26 Å². The van der Waals surface area contributed by atoms with Crippen LogP contribution in [-0.4, -0.2) is 36.0 Å². The van der Waals surface area contributed by atoms with E-state index in [9.17, 15) is 4.79 Å². The minimum atomic E-state index is -0.252. The van der Waals surface area contributed by atoms with Crippen LogP contribution in [0.15, 0.2) is 51.7 Å². The van der Waals surface area contributed by atoms with Crippen molar-refractivity contribution in [1.82, 2.24) is 9.80 Å². The van der Waals surface area contributed by atoms with Gasteiger partial charge in [-0.3, -0.25) is 9.80 Å². The summed E-state index contributed by atoms with van der Waals surface area (Å²) in [6, 6.07) is 16.1. The second kappa shape index (κ2) is 8.66. The maximum Gasteiger partial charge on any atom is 0.336 e. The third kappa shape index (κ3) is 4.41. The fourth-order valence-corrected chi connectivity index (χ4v) is 4.95. The van der Waals surface area contributed by atoms with Crippen molar-refractivity contribution >= 4 is 11.0 Å². The van der Waals surface area contributed by atoms with Crippen LogP contribution >= 0.6 is 0 Å². The molecule has 2 aromatic carbocycles. The Hall–Kier alpha value is -2.94. The Labute approximate surface area is 182 Å². The Balaban J connectivity index is 1.29. The van der Waals surface area contributed by atoms with Crippen molar-refractivity contribution in [2.24, 2.45) is 0 Å². The predicted octanol–water partition coefficient (Wildman–Crippen LogP) is 3.86. The van der Waals surface area contributed by atoms with Gasteiger partial charge in [-0.25, -0.2) is 4.79 Å². The van der Waals surface area contributed by atoms with Gasteiger partial charge in [-0.05, 0) is 85.3 Å². The zero-order valence-electron chi connectivity index (χ0n) is 17.8. The van der Waals surface area contributed by atoms with E-state index in [0.717, 1.165) is 75.1 Å². The standard InChI is InChI=1S/C26H27N3O2/c27-16-19-5-7-20(8-6-19)17-28-9-2-10-29(12-11-28)18-23-15-26(30)31-25-14-22-4-1-3-21(22)13-24(23)25/h5-8,13-15H,1-4,9-12,17-18H2. The van der Waals surface area contributed by atoms with Crippen LogP contribution in [0.4, 0.5) is 0 Å². The smallest absolute Gasteiger partial charge is 0.336 e. The molecule has 158 valence electrons. The highest BCUT2D eigenvalue weighted by molar-refractivity contribution is 5.82. The number of nitrogens with zero attached hydrogens (tertiary/aromatic N) is 3. The molecule has 2 heterocycles. The highest BCUT2D eigenvalue weighted by Crippen LogP contribution is 2.29. The summed E-state index contributed by atoms with van der Waals surface area (Å²) in [5.74, 6) is 0. The van der Waals surface area contributed by atoms with Crippen molar-refractivity contribution in [2.45, 2.75) is 38.8 Å². The lowest BCUT2D eigenvalue weighted by molar-refractivity contribution is 0.247. The Morgan fingerprint density at radius 3 is 2.32 bits per heavy atom. The third-order valence-corrected chi connectivity index (χ3v) is 6.61. The summed E-state index contributed by atoms with van der Waals surface area (Å²) in [5.41, 5.74) is 6.26. The summed E-state index contributed by atoms with van der Waals surface area (Å²) in [6.07, 6.45) is 4.50. The maximum atomic E-state index is 12.2. The zero-order valence-corrected chi connectivity index (χ0v) is 17.8. The summed E-state index contributed by atoms with van der Waals surface area (Å²) in [4.78, 5) is 17.1. The van der Waals surface area contributed by atoms with E-state index in [4.69, 9.17) is 9.68 Å². The largest absolute Gasteiger partial charge is 0.423 e. The molecule has 1 aromatic heterocycles. The average molecular weight is 414 g/mol. The topological polar surface area (TPSA) is 60.5 Å². The predicted molar refractivity (Wildman–Crippen MR) is 121 cm³/mol. The van der Waals surface area contributed by atoms with Crippen LogP contribution in [0.25, 0.3) is 11.0 Å². The molecular formula is C26H27N3O2. The lowest BCUT2D eigenvalue weighted by Crippen LogP contribution is -2.30. The normalized spacial score (nSPS) is 17.4. The summed E-state index contributed by atoms with van der Waals surface area (Å²) in [7, 11) is 0. The molecule has 0 unspecified atom stereocenters. The lowest BCUT2D eigenvalue weighted by Gasteiger charge is -2.22. The van der Waals surface area contributed by atoms with Crippen LogP contribution in [0.5, 0.6) is 0 Å². The second-order valence-electron chi connectivity index (χ2n) is 8.78. The van der Waals surface area contributed by atoms with E-state index in [0.29, 0.717) is 5.56 Å². The molecule has 0 amide bonds. The third-order valence-electron chi connectivity index (χ3n) is 6.61. The van der Waals surface area contributed by atoms with Crippen LogP contribution < -0.4 is 5.63 Å². The molecule has 0 saturated carbocycles. The molecule has 1 aliphatic heterocycles. The minimum absolute atomic E-state index is 0.252. The molecule has 1 aliphatic carbocycles. The molecule has 0 radical (unpaired) electrons. The average Bonchev–Trinajstić information content (AvgIpc) is 3.12. The van der Waals surface area contributed by atoms with E-state index < -0.39 is 0 Å². The molecule has 5 nitrogen and oxygen atoms in total. The van der Waals surface area contributed by atoms with Crippen molar-refractivity contribution in [3.05, 3.63) is 80.7 Å². The Morgan fingerprint density at radius 2 is 1.58 bits per heavy atom. The van der Waals surface area contributed by atoms with Crippen molar-refractivity contribution in [3.8, 4) is 6.07 Å². The highest BCUT2D eigenvalue weighted by Gasteiger charge is 2.19. The molecule has 0 atom stereocenters. The van der Waals surface area contributed by atoms with Crippen molar-refractivity contribution in [2.75, 3.05) is 26.2 Å². The van der Waals surface area contributed by atoms with Gasteiger partial charge in [0.2, 0.25) is 0 Å². The van der Waals surface area contributed by atoms with Gasteiger partial charge < -0.3 is 4.42 Å². The van der Waals surface area contributed by atoms with Crippen LogP contribution in [-0.2, 0) is 25.9 Å². The Morgan fingerprint density at radius 1 is 0.871 bits per heavy atom. The SMILES string of the molecule is N#Cc1ccc(CN2CCCN(Cc3cc(=O)oc4cc5c(cc34)CCC5)CC2)cc1. The van der Waals surface area contributed by atoms with E-state index in [-0.39, 0.29) is 5.63 Å². The number of fused-ring (bicyclic) bond motifs is 2. The Bertz CT molecular complexity index is 1190. The monoisotopic (exact) mass is 413 g/mol. The van der Waals surface area contributed by atoms with E-state index in [1.807, 2.05) is 12.1 Å². The molecule has 0 bridgehead atoms. The van der Waals surface area contributed by atoms with Gasteiger partial charge in [0, 0.05) is 37.6 Å². The molecule has 31 heavy (non-hydrogen) atoms. The molecule has 1 saturated heterocycles. The van der Waals surface area contributed by atoms with Crippen molar-refractivity contribution < 1.29 is 4.42 Å². The van der Waals surface area contributed by atoms with E-state index in [1.165, 1.54) is 23.1 Å². The van der Waals surface area contributed by atoms with Gasteiger partial charge >= 0.3 is 5.63 Å². The number of hydrogen-bond donors (Lipinski definition) is 0. The van der Waals surface area contributed by atoms with E-state index in [1.54, 1.807) is 6.07 Å². The van der Waals surface area contributed by atoms with E-state index >= 15 is 0 Å². The first-order chi connectivity index (χ1) is 15.2. The minimum Gasteiger partial charge on any atom is -0.423 e. The summed E-state index contributed by atoms with van der Waals surface area (Å²) >= 11 is 0. The molecular weight excluding hydrogens is 386 g/mol. The number of aryl methyl sites for hydroxylation is 2. The number of hydrogen-bond acceptors (Lipinski definition) is 5. The van der Waals surface area contributed by atoms with Crippen LogP contribution in [0, 0.1) is 11.3 Å². The van der Waals surface area contributed by atoms with Gasteiger partial charge in [0.1, 0.15) is 5.58 Å². The fourth-order valence-electron chi connectivity index (χ4n) is 4.95. The summed E-state index contributed by atoms with van der Waals surface area (Å²) in [5, 5.41) is 10.1. The molecule has 0 spiro atoms. The molecule has 2 aliphatic rings. The van der Waals surface area contributed by atoms with E-state index in [2.05, 4.69) is 40.1 Å². The molecule has 1 fully saturated rings. The van der Waals surface area contributed by atoms with Gasteiger partial charge in [0.05, 0.1) is 11.6 Å². The Kier molecular flexibility index (Phi) is 5.59. The van der Waals surface area contributed by atoms with Gasteiger partial charge in [0.25, 0.3) is 0 Å². The fraction of sp³-hybridized carbons (Fsp3) is 0.385. The van der Waals surface area contributed by atoms with Gasteiger partial charge in [0.15, 0.2) is 0 Å². The van der Waals surface area contributed by atoms with Crippen LogP contribution in [0.3, 0.4) is 0 Å². The first-order valence-corrected chi connectivity index (χ1v) is 11.2. The first-order valence-electron chi connectivity index (χ1n) is 11.2. The second-order valence-corrected chi connectivity index (χ2v) is 8.78.